The van der Waals surface area contributed by atoms with Crippen molar-refractivity contribution >= 4 is 0 Å². The fourth-order valence-electron chi connectivity index (χ4n) is 2.97. The summed E-state index contributed by atoms with van der Waals surface area (Å²) < 4.78 is 2.04. The standard InChI is InChI=1S/C14H27N5/c1-4-9-19-14(16-11-17-19)10-18(3)13-7-5-12(15-2)6-8-13/h11-13,15H,4-10H2,1-3H3. The van der Waals surface area contributed by atoms with Crippen molar-refractivity contribution in [3.63, 3.8) is 0 Å². The minimum atomic E-state index is 0.691. The molecule has 0 unspecified atom stereocenters. The third kappa shape index (κ3) is 3.76. The first kappa shape index (κ1) is 14.5. The molecule has 0 atom stereocenters. The van der Waals surface area contributed by atoms with E-state index >= 15 is 0 Å². The van der Waals surface area contributed by atoms with Gasteiger partial charge in [0.2, 0.25) is 0 Å². The highest BCUT2D eigenvalue weighted by Gasteiger charge is 2.23. The van der Waals surface area contributed by atoms with Gasteiger partial charge in [0.25, 0.3) is 0 Å². The highest BCUT2D eigenvalue weighted by atomic mass is 15.3. The molecule has 0 radical (unpaired) electrons. The molecule has 0 bridgehead atoms. The first-order chi connectivity index (χ1) is 9.24. The van der Waals surface area contributed by atoms with Crippen LogP contribution in [0.15, 0.2) is 6.33 Å². The van der Waals surface area contributed by atoms with Gasteiger partial charge in [-0.25, -0.2) is 9.67 Å². The molecule has 1 fully saturated rings. The van der Waals surface area contributed by atoms with Gasteiger partial charge >= 0.3 is 0 Å². The highest BCUT2D eigenvalue weighted by molar-refractivity contribution is 4.88. The maximum absolute atomic E-state index is 4.40. The summed E-state index contributed by atoms with van der Waals surface area (Å²) in [5.74, 6) is 1.10. The predicted molar refractivity (Wildman–Crippen MR) is 76.9 cm³/mol. The van der Waals surface area contributed by atoms with Crippen LogP contribution in [0.5, 0.6) is 0 Å². The number of hydrogen-bond donors (Lipinski definition) is 1. The molecule has 1 heterocycles. The van der Waals surface area contributed by atoms with Crippen LogP contribution in [0.25, 0.3) is 0 Å². The highest BCUT2D eigenvalue weighted by Crippen LogP contribution is 2.23. The van der Waals surface area contributed by atoms with Gasteiger partial charge in [-0.1, -0.05) is 6.92 Å². The average molecular weight is 265 g/mol. The molecule has 5 heteroatoms. The van der Waals surface area contributed by atoms with Crippen LogP contribution in [-0.2, 0) is 13.1 Å². The summed E-state index contributed by atoms with van der Waals surface area (Å²) in [5.41, 5.74) is 0. The first-order valence-corrected chi connectivity index (χ1v) is 7.48. The summed E-state index contributed by atoms with van der Waals surface area (Å²) in [4.78, 5) is 6.85. The van der Waals surface area contributed by atoms with E-state index in [0.29, 0.717) is 12.1 Å². The van der Waals surface area contributed by atoms with Crippen molar-refractivity contribution in [1.29, 1.82) is 0 Å². The van der Waals surface area contributed by atoms with E-state index in [0.717, 1.165) is 25.3 Å². The lowest BCUT2D eigenvalue weighted by molar-refractivity contribution is 0.164. The molecule has 0 saturated heterocycles. The van der Waals surface area contributed by atoms with Gasteiger partial charge in [-0.3, -0.25) is 4.90 Å². The van der Waals surface area contributed by atoms with Crippen LogP contribution in [0.1, 0.15) is 44.9 Å². The Morgan fingerprint density at radius 2 is 2.11 bits per heavy atom. The molecule has 0 spiro atoms. The molecular formula is C14H27N5. The summed E-state index contributed by atoms with van der Waals surface area (Å²) in [6, 6.07) is 1.41. The van der Waals surface area contributed by atoms with Crippen LogP contribution in [0.3, 0.4) is 0 Å². The van der Waals surface area contributed by atoms with Crippen LogP contribution < -0.4 is 5.32 Å². The Kier molecular flexibility index (Phi) is 5.34. The number of rotatable bonds is 6. The zero-order chi connectivity index (χ0) is 13.7. The Morgan fingerprint density at radius 3 is 2.74 bits per heavy atom. The van der Waals surface area contributed by atoms with E-state index < -0.39 is 0 Å². The topological polar surface area (TPSA) is 46.0 Å². The number of nitrogens with one attached hydrogen (secondary N) is 1. The minimum absolute atomic E-state index is 0.691. The van der Waals surface area contributed by atoms with Crippen LogP contribution in [0, 0.1) is 0 Å². The molecule has 1 aliphatic rings. The number of aryl methyl sites for hydroxylation is 1. The second-order valence-electron chi connectivity index (χ2n) is 5.61. The van der Waals surface area contributed by atoms with E-state index in [-0.39, 0.29) is 0 Å². The lowest BCUT2D eigenvalue weighted by Gasteiger charge is -2.34. The Balaban J connectivity index is 1.87. The Bertz CT molecular complexity index is 368. The zero-order valence-corrected chi connectivity index (χ0v) is 12.5. The third-order valence-corrected chi connectivity index (χ3v) is 4.25. The van der Waals surface area contributed by atoms with Gasteiger partial charge in [0.05, 0.1) is 6.54 Å². The maximum atomic E-state index is 4.40. The van der Waals surface area contributed by atoms with Crippen molar-refractivity contribution in [1.82, 2.24) is 25.0 Å². The van der Waals surface area contributed by atoms with Gasteiger partial charge in [-0.2, -0.15) is 5.10 Å². The Morgan fingerprint density at radius 1 is 1.37 bits per heavy atom. The van der Waals surface area contributed by atoms with Crippen molar-refractivity contribution in [3.05, 3.63) is 12.2 Å². The number of hydrogen-bond acceptors (Lipinski definition) is 4. The first-order valence-electron chi connectivity index (χ1n) is 7.48. The largest absolute Gasteiger partial charge is 0.317 e. The number of aromatic nitrogens is 3. The predicted octanol–water partition coefficient (Wildman–Crippen LogP) is 1.65. The van der Waals surface area contributed by atoms with Gasteiger partial charge in [0, 0.05) is 18.6 Å². The lowest BCUT2D eigenvalue weighted by atomic mass is 9.90. The molecule has 0 amide bonds. The molecule has 2 rings (SSSR count). The lowest BCUT2D eigenvalue weighted by Crippen LogP contribution is -2.39. The smallest absolute Gasteiger partial charge is 0.141 e. The molecule has 1 aromatic heterocycles. The molecule has 108 valence electrons. The molecule has 1 aliphatic carbocycles. The number of nitrogens with zero attached hydrogens (tertiary/aromatic N) is 4. The summed E-state index contributed by atoms with van der Waals surface area (Å²) >= 11 is 0. The fraction of sp³-hybridized carbons (Fsp3) is 0.857. The van der Waals surface area contributed by atoms with E-state index in [9.17, 15) is 0 Å². The van der Waals surface area contributed by atoms with Gasteiger partial charge in [0.15, 0.2) is 0 Å². The maximum Gasteiger partial charge on any atom is 0.141 e. The molecule has 1 N–H and O–H groups in total. The van der Waals surface area contributed by atoms with Crippen LogP contribution in [-0.4, -0.2) is 45.8 Å². The van der Waals surface area contributed by atoms with Gasteiger partial charge < -0.3 is 5.32 Å². The monoisotopic (exact) mass is 265 g/mol. The van der Waals surface area contributed by atoms with Crippen molar-refractivity contribution in [2.24, 2.45) is 0 Å². The summed E-state index contributed by atoms with van der Waals surface area (Å²) in [5, 5.41) is 7.69. The zero-order valence-electron chi connectivity index (χ0n) is 12.5. The van der Waals surface area contributed by atoms with E-state index in [1.807, 2.05) is 4.68 Å². The van der Waals surface area contributed by atoms with Crippen LogP contribution in [0.4, 0.5) is 0 Å². The van der Waals surface area contributed by atoms with Crippen molar-refractivity contribution < 1.29 is 0 Å². The third-order valence-electron chi connectivity index (χ3n) is 4.25. The second kappa shape index (κ2) is 7.01. The minimum Gasteiger partial charge on any atom is -0.317 e. The van der Waals surface area contributed by atoms with Crippen molar-refractivity contribution in [2.45, 2.75) is 64.2 Å². The average Bonchev–Trinajstić information content (AvgIpc) is 2.86. The SMILES string of the molecule is CCCn1ncnc1CN(C)C1CCC(NC)CC1. The van der Waals surface area contributed by atoms with E-state index in [1.54, 1.807) is 6.33 Å². The van der Waals surface area contributed by atoms with Gasteiger partial charge in [-0.15, -0.1) is 0 Å². The van der Waals surface area contributed by atoms with E-state index in [4.69, 9.17) is 0 Å². The van der Waals surface area contributed by atoms with Crippen LogP contribution >= 0.6 is 0 Å². The van der Waals surface area contributed by atoms with Crippen LogP contribution in [0.2, 0.25) is 0 Å². The normalized spacial score (nSPS) is 24.0. The van der Waals surface area contributed by atoms with Crippen molar-refractivity contribution in [3.8, 4) is 0 Å². The quantitative estimate of drug-likeness (QED) is 0.849. The molecular weight excluding hydrogens is 238 g/mol. The summed E-state index contributed by atoms with van der Waals surface area (Å²) in [6.07, 6.45) is 7.91. The summed E-state index contributed by atoms with van der Waals surface area (Å²) in [7, 11) is 4.29. The van der Waals surface area contributed by atoms with E-state index in [1.165, 1.54) is 25.7 Å². The molecule has 19 heavy (non-hydrogen) atoms. The molecule has 0 aliphatic heterocycles. The Labute approximate surface area is 116 Å². The van der Waals surface area contributed by atoms with Crippen molar-refractivity contribution in [2.75, 3.05) is 14.1 Å². The van der Waals surface area contributed by atoms with Gasteiger partial charge in [0.1, 0.15) is 12.2 Å². The molecule has 0 aromatic carbocycles. The molecule has 1 saturated carbocycles. The van der Waals surface area contributed by atoms with E-state index in [2.05, 4.69) is 41.3 Å². The molecule has 1 aromatic rings. The fourth-order valence-corrected chi connectivity index (χ4v) is 2.97. The second-order valence-corrected chi connectivity index (χ2v) is 5.61. The summed E-state index contributed by atoms with van der Waals surface area (Å²) in [6.45, 7) is 4.05. The molecule has 5 nitrogen and oxygen atoms in total. The van der Waals surface area contributed by atoms with Gasteiger partial charge in [-0.05, 0) is 46.2 Å². The Hall–Kier alpha value is -0.940.